The van der Waals surface area contributed by atoms with E-state index in [0.29, 0.717) is 0 Å². The Bertz CT molecular complexity index is 846. The minimum absolute atomic E-state index is 0.0146. The van der Waals surface area contributed by atoms with Gasteiger partial charge in [0.1, 0.15) is 17.3 Å². The van der Waals surface area contributed by atoms with Crippen LogP contribution in [-0.4, -0.2) is 25.7 Å². The average Bonchev–Trinajstić information content (AvgIpc) is 2.90. The predicted octanol–water partition coefficient (Wildman–Crippen LogP) is 3.71. The summed E-state index contributed by atoms with van der Waals surface area (Å²) in [4.78, 5) is -1.36. The fraction of sp³-hybridized carbons (Fsp3) is 0.308. The van der Waals surface area contributed by atoms with Crippen LogP contribution in [0, 0.1) is 5.82 Å². The van der Waals surface area contributed by atoms with Crippen LogP contribution in [-0.2, 0) is 16.3 Å². The van der Waals surface area contributed by atoms with Gasteiger partial charge in [-0.2, -0.15) is 26.0 Å². The van der Waals surface area contributed by atoms with Gasteiger partial charge in [0.2, 0.25) is 0 Å². The molecule has 2 rings (SSSR count). The smallest absolute Gasteiger partial charge is 0.430 e. The Kier molecular flexibility index (Phi) is 5.04. The third-order valence-corrected chi connectivity index (χ3v) is 4.90. The Balaban J connectivity index is 2.65. The molecular formula is C13H11F4NO4S2. The molecule has 0 fully saturated rings. The molecule has 1 aromatic heterocycles. The molecule has 0 atom stereocenters. The Hall–Kier alpha value is -1.88. The lowest BCUT2D eigenvalue weighted by Gasteiger charge is -2.10. The molecule has 2 aromatic rings. The van der Waals surface area contributed by atoms with Crippen LogP contribution in [0.3, 0.4) is 0 Å². The zero-order valence-corrected chi connectivity index (χ0v) is 14.0. The second-order valence-electron chi connectivity index (χ2n) is 4.46. The number of alkyl halides is 3. The number of nitrogens with zero attached hydrogens (tertiary/aromatic N) is 1. The summed E-state index contributed by atoms with van der Waals surface area (Å²) in [6.45, 7) is 1.20. The molecule has 1 aromatic carbocycles. The molecule has 0 unspecified atom stereocenters. The predicted molar refractivity (Wildman–Crippen MR) is 79.2 cm³/mol. The minimum atomic E-state index is -4.89. The van der Waals surface area contributed by atoms with Crippen LogP contribution in [0.25, 0.3) is 11.3 Å². The topological polar surface area (TPSA) is 65.5 Å². The molecule has 132 valence electrons. The van der Waals surface area contributed by atoms with Gasteiger partial charge in [-0.3, -0.25) is 0 Å². The van der Waals surface area contributed by atoms with Gasteiger partial charge in [0, 0.05) is 11.6 Å². The molecule has 0 aliphatic rings. The molecule has 24 heavy (non-hydrogen) atoms. The van der Waals surface area contributed by atoms with Crippen molar-refractivity contribution in [1.29, 1.82) is 0 Å². The van der Waals surface area contributed by atoms with E-state index >= 15 is 0 Å². The van der Waals surface area contributed by atoms with Crippen LogP contribution in [0.2, 0.25) is 0 Å². The van der Waals surface area contributed by atoms with Crippen LogP contribution in [0.1, 0.15) is 11.8 Å². The van der Waals surface area contributed by atoms with Crippen LogP contribution in [0.5, 0.6) is 11.5 Å². The van der Waals surface area contributed by atoms with E-state index < -0.39 is 44.2 Å². The summed E-state index contributed by atoms with van der Waals surface area (Å²) in [5.41, 5.74) is -0.867. The molecule has 0 amide bonds. The number of halogens is 4. The molecule has 1 heterocycles. The quantitative estimate of drug-likeness (QED) is 0.580. The molecule has 5 nitrogen and oxygen atoms in total. The van der Waals surface area contributed by atoms with Gasteiger partial charge in [-0.05, 0) is 30.6 Å². The molecule has 0 aliphatic carbocycles. The number of ether oxygens (including phenoxy) is 1. The molecule has 0 saturated carbocycles. The summed E-state index contributed by atoms with van der Waals surface area (Å²) in [6, 6.07) is 3.39. The minimum Gasteiger partial charge on any atom is -0.497 e. The van der Waals surface area contributed by atoms with Crippen molar-refractivity contribution in [2.24, 2.45) is 0 Å². The van der Waals surface area contributed by atoms with Crippen LogP contribution in [0.4, 0.5) is 17.6 Å². The fourth-order valence-electron chi connectivity index (χ4n) is 1.71. The molecule has 11 heteroatoms. The standard InChI is InChI=1S/C13H11F4NO4S2/c1-3-24(19,20)22-11-10(18-23-12(11)13(15,16)17)8-5-4-7(21-2)6-9(8)14/h4-6H,3H2,1-2H3. The van der Waals surface area contributed by atoms with E-state index in [-0.39, 0.29) is 22.8 Å². The maximum absolute atomic E-state index is 14.1. The maximum atomic E-state index is 14.1. The highest BCUT2D eigenvalue weighted by Crippen LogP contribution is 2.46. The molecule has 0 spiro atoms. The molecule has 0 bridgehead atoms. The van der Waals surface area contributed by atoms with E-state index in [1.54, 1.807) is 0 Å². The number of hydrogen-bond donors (Lipinski definition) is 0. The lowest BCUT2D eigenvalue weighted by atomic mass is 10.1. The summed E-state index contributed by atoms with van der Waals surface area (Å²) in [6.07, 6.45) is -4.89. The first-order valence-electron chi connectivity index (χ1n) is 6.42. The second kappa shape index (κ2) is 6.55. The van der Waals surface area contributed by atoms with E-state index in [0.717, 1.165) is 12.1 Å². The van der Waals surface area contributed by atoms with Gasteiger partial charge in [-0.25, -0.2) is 4.39 Å². The van der Waals surface area contributed by atoms with Crippen molar-refractivity contribution in [3.63, 3.8) is 0 Å². The Morgan fingerprint density at radius 2 is 1.96 bits per heavy atom. The molecule has 0 aliphatic heterocycles. The third-order valence-electron chi connectivity index (χ3n) is 2.90. The zero-order valence-electron chi connectivity index (χ0n) is 12.3. The van der Waals surface area contributed by atoms with Crippen molar-refractivity contribution in [3.05, 3.63) is 28.9 Å². The van der Waals surface area contributed by atoms with Crippen molar-refractivity contribution in [1.82, 2.24) is 4.37 Å². The Labute approximate surface area is 139 Å². The highest BCUT2D eigenvalue weighted by molar-refractivity contribution is 7.87. The van der Waals surface area contributed by atoms with Gasteiger partial charge in [0.15, 0.2) is 10.6 Å². The monoisotopic (exact) mass is 385 g/mol. The fourth-order valence-corrected chi connectivity index (χ4v) is 2.99. The molecule has 0 saturated heterocycles. The SMILES string of the molecule is CCS(=O)(=O)Oc1c(-c2ccc(OC)cc2F)nsc1C(F)(F)F. The van der Waals surface area contributed by atoms with E-state index in [1.165, 1.54) is 20.1 Å². The van der Waals surface area contributed by atoms with Crippen molar-refractivity contribution < 1.29 is 34.9 Å². The number of methoxy groups -OCH3 is 1. The van der Waals surface area contributed by atoms with Gasteiger partial charge in [-0.1, -0.05) is 0 Å². The van der Waals surface area contributed by atoms with Crippen molar-refractivity contribution in [2.75, 3.05) is 12.9 Å². The van der Waals surface area contributed by atoms with Gasteiger partial charge in [0.05, 0.1) is 12.9 Å². The van der Waals surface area contributed by atoms with E-state index in [9.17, 15) is 26.0 Å². The van der Waals surface area contributed by atoms with Crippen LogP contribution < -0.4 is 8.92 Å². The summed E-state index contributed by atoms with van der Waals surface area (Å²) >= 11 is -0.0146. The maximum Gasteiger partial charge on any atom is 0.430 e. The van der Waals surface area contributed by atoms with Crippen LogP contribution in [0.15, 0.2) is 18.2 Å². The summed E-state index contributed by atoms with van der Waals surface area (Å²) in [5.74, 6) is -2.36. The average molecular weight is 385 g/mol. The van der Waals surface area contributed by atoms with Gasteiger partial charge >= 0.3 is 16.3 Å². The van der Waals surface area contributed by atoms with E-state index in [4.69, 9.17) is 4.74 Å². The Morgan fingerprint density at radius 3 is 2.46 bits per heavy atom. The van der Waals surface area contributed by atoms with Crippen LogP contribution >= 0.6 is 11.5 Å². The molecular weight excluding hydrogens is 374 g/mol. The van der Waals surface area contributed by atoms with Gasteiger partial charge in [0.25, 0.3) is 0 Å². The van der Waals surface area contributed by atoms with E-state index in [2.05, 4.69) is 8.56 Å². The van der Waals surface area contributed by atoms with E-state index in [1.807, 2.05) is 0 Å². The van der Waals surface area contributed by atoms with Crippen molar-refractivity contribution >= 4 is 21.7 Å². The first-order valence-corrected chi connectivity index (χ1v) is 8.77. The Morgan fingerprint density at radius 1 is 1.29 bits per heavy atom. The summed E-state index contributed by atoms with van der Waals surface area (Å²) in [7, 11) is -2.97. The van der Waals surface area contributed by atoms with Gasteiger partial charge in [-0.15, -0.1) is 0 Å². The molecule has 0 radical (unpaired) electrons. The second-order valence-corrected chi connectivity index (χ2v) is 7.10. The highest BCUT2D eigenvalue weighted by Gasteiger charge is 2.40. The first-order chi connectivity index (χ1) is 11.1. The first kappa shape index (κ1) is 18.5. The number of rotatable bonds is 5. The third kappa shape index (κ3) is 3.78. The summed E-state index contributed by atoms with van der Waals surface area (Å²) < 4.78 is 89.4. The zero-order chi connectivity index (χ0) is 18.1. The normalized spacial score (nSPS) is 12.2. The number of aromatic nitrogens is 1. The highest BCUT2D eigenvalue weighted by atomic mass is 32.2. The number of hydrogen-bond acceptors (Lipinski definition) is 6. The number of benzene rings is 1. The van der Waals surface area contributed by atoms with Crippen molar-refractivity contribution in [3.8, 4) is 22.8 Å². The van der Waals surface area contributed by atoms with Crippen molar-refractivity contribution in [2.45, 2.75) is 13.1 Å². The summed E-state index contributed by atoms with van der Waals surface area (Å²) in [5, 5.41) is 0. The largest absolute Gasteiger partial charge is 0.497 e. The lowest BCUT2D eigenvalue weighted by molar-refractivity contribution is -0.135. The lowest BCUT2D eigenvalue weighted by Crippen LogP contribution is -2.14. The molecule has 0 N–H and O–H groups in total. The van der Waals surface area contributed by atoms with Gasteiger partial charge < -0.3 is 8.92 Å².